The summed E-state index contributed by atoms with van der Waals surface area (Å²) >= 11 is 5.43. The molecule has 0 aliphatic heterocycles. The number of rotatable bonds is 9. The maximum absolute atomic E-state index is 12.0. The van der Waals surface area contributed by atoms with Crippen LogP contribution in [0, 0.1) is 0 Å². The molecule has 0 unspecified atom stereocenters. The summed E-state index contributed by atoms with van der Waals surface area (Å²) in [6.45, 7) is 2.28. The lowest BCUT2D eigenvalue weighted by Gasteiger charge is -2.21. The minimum Gasteiger partial charge on any atom is -0.464 e. The molecule has 0 spiro atoms. The quantitative estimate of drug-likeness (QED) is 0.421. The Kier molecular flexibility index (Phi) is 8.82. The van der Waals surface area contributed by atoms with E-state index in [-0.39, 0.29) is 19.2 Å². The predicted molar refractivity (Wildman–Crippen MR) is 87.3 cm³/mol. The molecule has 1 rings (SSSR count). The first-order valence-electron chi connectivity index (χ1n) is 7.37. The summed E-state index contributed by atoms with van der Waals surface area (Å²) in [6, 6.07) is 3.27. The Morgan fingerprint density at radius 2 is 2.17 bits per heavy atom. The van der Waals surface area contributed by atoms with Crippen molar-refractivity contribution >= 4 is 29.5 Å². The number of alkyl halides is 1. The number of pyridine rings is 1. The minimum atomic E-state index is -0.682. The molecule has 1 aromatic rings. The van der Waals surface area contributed by atoms with E-state index in [0.717, 1.165) is 18.4 Å². The summed E-state index contributed by atoms with van der Waals surface area (Å²) in [5, 5.41) is 2.93. The van der Waals surface area contributed by atoms with Crippen molar-refractivity contribution in [3.63, 3.8) is 0 Å². The lowest BCUT2D eigenvalue weighted by atomic mass is 10.2. The third-order valence-corrected chi connectivity index (χ3v) is 3.12. The zero-order valence-corrected chi connectivity index (χ0v) is 14.1. The van der Waals surface area contributed by atoms with E-state index in [0.29, 0.717) is 12.4 Å². The van der Waals surface area contributed by atoms with E-state index in [9.17, 15) is 9.59 Å². The number of nitrogens with zero attached hydrogens (tertiary/aromatic N) is 2. The van der Waals surface area contributed by atoms with Gasteiger partial charge in [0.2, 0.25) is 0 Å². The van der Waals surface area contributed by atoms with Gasteiger partial charge in [-0.1, -0.05) is 31.0 Å². The maximum atomic E-state index is 12.0. The second kappa shape index (κ2) is 10.7. The van der Waals surface area contributed by atoms with Crippen LogP contribution in [0.3, 0.4) is 0 Å². The predicted octanol–water partition coefficient (Wildman–Crippen LogP) is 2.60. The van der Waals surface area contributed by atoms with E-state index in [1.807, 2.05) is 13.0 Å². The smallest absolute Gasteiger partial charge is 0.411 e. The number of hydrogen-bond acceptors (Lipinski definition) is 6. The van der Waals surface area contributed by atoms with Gasteiger partial charge in [0.1, 0.15) is 12.4 Å². The van der Waals surface area contributed by atoms with Crippen molar-refractivity contribution in [1.29, 1.82) is 0 Å². The summed E-state index contributed by atoms with van der Waals surface area (Å²) in [6.07, 6.45) is 2.66. The Bertz CT molecular complexity index is 513. The number of amides is 1. The molecule has 23 heavy (non-hydrogen) atoms. The van der Waals surface area contributed by atoms with Gasteiger partial charge in [0.25, 0.3) is 0 Å². The van der Waals surface area contributed by atoms with Crippen LogP contribution in [0.4, 0.5) is 10.6 Å². The number of nitrogens with one attached hydrogen (secondary N) is 1. The van der Waals surface area contributed by atoms with E-state index < -0.39 is 12.1 Å². The van der Waals surface area contributed by atoms with Gasteiger partial charge in [0.05, 0.1) is 13.2 Å². The fourth-order valence-electron chi connectivity index (χ4n) is 1.85. The molecule has 1 N–H and O–H groups in total. The van der Waals surface area contributed by atoms with Crippen molar-refractivity contribution in [3.05, 3.63) is 23.9 Å². The van der Waals surface area contributed by atoms with E-state index in [1.165, 1.54) is 4.90 Å². The topological polar surface area (TPSA) is 80.8 Å². The third kappa shape index (κ3) is 6.73. The maximum Gasteiger partial charge on any atom is 0.411 e. The number of unbranched alkanes of at least 4 members (excludes halogenated alkanes) is 1. The van der Waals surface area contributed by atoms with Gasteiger partial charge in [-0.25, -0.2) is 9.78 Å². The lowest BCUT2D eigenvalue weighted by molar-refractivity contribution is -0.144. The number of hydrogen-bond donors (Lipinski definition) is 1. The molecule has 0 radical (unpaired) electrons. The normalized spacial score (nSPS) is 10.0. The van der Waals surface area contributed by atoms with Crippen molar-refractivity contribution in [3.8, 4) is 0 Å². The van der Waals surface area contributed by atoms with Gasteiger partial charge < -0.3 is 14.8 Å². The molecule has 1 heterocycles. The Balaban J connectivity index is 2.76. The van der Waals surface area contributed by atoms with E-state index in [2.05, 4.69) is 10.3 Å². The zero-order valence-electron chi connectivity index (χ0n) is 13.4. The van der Waals surface area contributed by atoms with Gasteiger partial charge in [0.15, 0.2) is 6.07 Å². The molecular weight excluding hydrogens is 322 g/mol. The molecule has 1 amide bonds. The van der Waals surface area contributed by atoms with E-state index in [4.69, 9.17) is 21.1 Å². The van der Waals surface area contributed by atoms with Crippen LogP contribution in [0.15, 0.2) is 18.3 Å². The Hall–Kier alpha value is -2.02. The van der Waals surface area contributed by atoms with E-state index in [1.54, 1.807) is 19.3 Å². The molecule has 0 bridgehead atoms. The highest BCUT2D eigenvalue weighted by Crippen LogP contribution is 2.14. The first kappa shape index (κ1) is 19.0. The van der Waals surface area contributed by atoms with Gasteiger partial charge in [-0.05, 0) is 12.5 Å². The van der Waals surface area contributed by atoms with Crippen LogP contribution < -0.4 is 5.32 Å². The largest absolute Gasteiger partial charge is 0.464 e. The fraction of sp³-hybridized carbons (Fsp3) is 0.533. The van der Waals surface area contributed by atoms with Gasteiger partial charge >= 0.3 is 12.1 Å². The Morgan fingerprint density at radius 1 is 1.39 bits per heavy atom. The number of esters is 1. The zero-order chi connectivity index (χ0) is 17.1. The van der Waals surface area contributed by atoms with E-state index >= 15 is 0 Å². The molecule has 128 valence electrons. The molecule has 0 aliphatic rings. The summed E-state index contributed by atoms with van der Waals surface area (Å²) in [7, 11) is 1.73. The Morgan fingerprint density at radius 3 is 2.83 bits per heavy atom. The summed E-state index contributed by atoms with van der Waals surface area (Å²) < 4.78 is 9.86. The highest BCUT2D eigenvalue weighted by Gasteiger charge is 2.21. The summed E-state index contributed by atoms with van der Waals surface area (Å²) in [5.74, 6) is 0.135. The summed E-state index contributed by atoms with van der Waals surface area (Å²) in [5.41, 5.74) is 0.753. The second-order valence-corrected chi connectivity index (χ2v) is 4.93. The summed E-state index contributed by atoms with van der Waals surface area (Å²) in [4.78, 5) is 29.2. The number of anilines is 1. The van der Waals surface area contributed by atoms with Crippen LogP contribution in [-0.4, -0.2) is 48.2 Å². The number of halogens is 1. The van der Waals surface area contributed by atoms with Crippen LogP contribution in [0.25, 0.3) is 0 Å². The minimum absolute atomic E-state index is 0.155. The van der Waals surface area contributed by atoms with Crippen LogP contribution in [-0.2, 0) is 20.8 Å². The van der Waals surface area contributed by atoms with Crippen LogP contribution in [0.2, 0.25) is 0 Å². The first-order chi connectivity index (χ1) is 11.1. The Labute approximate surface area is 140 Å². The van der Waals surface area contributed by atoms with Gasteiger partial charge in [-0.2, -0.15) is 0 Å². The molecule has 7 nitrogen and oxygen atoms in total. The number of ether oxygens (including phenoxy) is 2. The molecule has 0 saturated heterocycles. The number of carbonyl (C=O) groups is 2. The highest BCUT2D eigenvalue weighted by molar-refractivity contribution is 6.17. The van der Waals surface area contributed by atoms with Crippen molar-refractivity contribution < 1.29 is 19.1 Å². The molecule has 0 saturated carbocycles. The van der Waals surface area contributed by atoms with Crippen LogP contribution in [0.1, 0.15) is 25.3 Å². The van der Waals surface area contributed by atoms with Crippen LogP contribution in [0.5, 0.6) is 0 Å². The number of aromatic nitrogens is 1. The molecule has 0 fully saturated rings. The van der Waals surface area contributed by atoms with Crippen molar-refractivity contribution in [1.82, 2.24) is 9.88 Å². The lowest BCUT2D eigenvalue weighted by Crippen LogP contribution is -2.36. The molecule has 0 aliphatic carbocycles. The van der Waals surface area contributed by atoms with Gasteiger partial charge in [-0.15, -0.1) is 0 Å². The molecular formula is C15H22ClN3O4. The molecule has 0 aromatic carbocycles. The van der Waals surface area contributed by atoms with Crippen molar-refractivity contribution in [2.75, 3.05) is 31.6 Å². The van der Waals surface area contributed by atoms with Gasteiger partial charge in [0, 0.05) is 18.8 Å². The third-order valence-electron chi connectivity index (χ3n) is 3.01. The van der Waals surface area contributed by atoms with Crippen molar-refractivity contribution in [2.24, 2.45) is 0 Å². The highest BCUT2D eigenvalue weighted by atomic mass is 35.5. The number of carbonyl (C=O) groups excluding carboxylic acids is 2. The second-order valence-electron chi connectivity index (χ2n) is 4.71. The molecule has 1 aromatic heterocycles. The first-order valence-corrected chi connectivity index (χ1v) is 7.90. The van der Waals surface area contributed by atoms with Gasteiger partial charge in [-0.3, -0.25) is 9.69 Å². The average molecular weight is 344 g/mol. The molecule has 0 atom stereocenters. The molecule has 8 heteroatoms. The van der Waals surface area contributed by atoms with Crippen LogP contribution >= 0.6 is 11.6 Å². The SMILES string of the molecule is CCCCOC(=O)CN(Cc1cccnc1NC)C(=O)OCCl. The average Bonchev–Trinajstić information content (AvgIpc) is 2.55. The standard InChI is InChI=1S/C15H22ClN3O4/c1-3-4-8-22-13(20)10-19(15(21)23-11-16)9-12-6-5-7-18-14(12)17-2/h5-7H,3-4,8-11H2,1-2H3,(H,17,18). The van der Waals surface area contributed by atoms with Crippen molar-refractivity contribution in [2.45, 2.75) is 26.3 Å². The fourth-order valence-corrected chi connectivity index (χ4v) is 1.95. The monoisotopic (exact) mass is 343 g/mol.